The van der Waals surface area contributed by atoms with Crippen LogP contribution in [-0.4, -0.2) is 26.9 Å². The van der Waals surface area contributed by atoms with Crippen molar-refractivity contribution in [2.24, 2.45) is 11.8 Å². The topological polar surface area (TPSA) is 55.2 Å². The molecule has 1 unspecified atom stereocenters. The highest BCUT2D eigenvalue weighted by Gasteiger charge is 2.28. The highest BCUT2D eigenvalue weighted by atomic mass is 35.5. The fourth-order valence-electron chi connectivity index (χ4n) is 5.08. The van der Waals surface area contributed by atoms with Gasteiger partial charge in [0.1, 0.15) is 11.6 Å². The van der Waals surface area contributed by atoms with Crippen LogP contribution in [0, 0.1) is 17.7 Å². The van der Waals surface area contributed by atoms with Gasteiger partial charge in [0, 0.05) is 13.0 Å². The van der Waals surface area contributed by atoms with Gasteiger partial charge in [-0.3, -0.25) is 14.2 Å². The van der Waals surface area contributed by atoms with Gasteiger partial charge in [0.15, 0.2) is 0 Å². The maximum atomic E-state index is 13.9. The van der Waals surface area contributed by atoms with Gasteiger partial charge in [0.2, 0.25) is 5.91 Å². The van der Waals surface area contributed by atoms with Gasteiger partial charge in [0.25, 0.3) is 5.56 Å². The fourth-order valence-corrected chi connectivity index (χ4v) is 5.26. The van der Waals surface area contributed by atoms with Gasteiger partial charge in [-0.15, -0.1) is 0 Å². The second-order valence-electron chi connectivity index (χ2n) is 10.0. The van der Waals surface area contributed by atoms with Crippen molar-refractivity contribution in [1.29, 1.82) is 0 Å². The summed E-state index contributed by atoms with van der Waals surface area (Å²) in [4.78, 5) is 33.8. The lowest BCUT2D eigenvalue weighted by Crippen LogP contribution is -2.39. The molecule has 0 radical (unpaired) electrons. The van der Waals surface area contributed by atoms with Crippen LogP contribution in [0.2, 0.25) is 5.02 Å². The van der Waals surface area contributed by atoms with Crippen molar-refractivity contribution < 1.29 is 9.18 Å². The molecule has 7 heteroatoms. The van der Waals surface area contributed by atoms with Crippen LogP contribution in [0.1, 0.15) is 71.2 Å². The lowest BCUT2D eigenvalue weighted by molar-refractivity contribution is -0.134. The zero-order valence-corrected chi connectivity index (χ0v) is 21.4. The Labute approximate surface area is 210 Å². The predicted octanol–water partition coefficient (Wildman–Crippen LogP) is 6.69. The molecule has 0 N–H and O–H groups in total. The van der Waals surface area contributed by atoms with Crippen molar-refractivity contribution in [2.75, 3.05) is 6.54 Å². The standard InChI is InChI=1S/C28H33ClFN3O2/c1-18(2)17-32(26(34)15-12-20-8-4-5-9-20)19(3)27-31-25-11-7-6-10-22(25)28(35)33(27)21-13-14-24(30)23(29)16-21/h6-7,10-11,13-14,16,18-20H,4-5,8-9,12,15,17H2,1-3H3. The van der Waals surface area contributed by atoms with E-state index < -0.39 is 11.9 Å². The number of nitrogens with zero attached hydrogens (tertiary/aromatic N) is 3. The second kappa shape index (κ2) is 10.9. The van der Waals surface area contributed by atoms with Crippen LogP contribution in [0.5, 0.6) is 0 Å². The summed E-state index contributed by atoms with van der Waals surface area (Å²) in [6, 6.07) is 10.9. The molecule has 1 aliphatic carbocycles. The summed E-state index contributed by atoms with van der Waals surface area (Å²) in [6.45, 7) is 6.61. The van der Waals surface area contributed by atoms with E-state index in [1.54, 1.807) is 18.2 Å². The highest BCUT2D eigenvalue weighted by Crippen LogP contribution is 2.30. The van der Waals surface area contributed by atoms with Crippen molar-refractivity contribution in [1.82, 2.24) is 14.5 Å². The van der Waals surface area contributed by atoms with E-state index in [9.17, 15) is 14.0 Å². The van der Waals surface area contributed by atoms with Crippen molar-refractivity contribution in [3.8, 4) is 5.69 Å². The molecular formula is C28H33ClFN3O2. The number of rotatable bonds is 8. The minimum Gasteiger partial charge on any atom is -0.333 e. The summed E-state index contributed by atoms with van der Waals surface area (Å²) in [6.07, 6.45) is 6.28. The number of fused-ring (bicyclic) bond motifs is 1. The zero-order chi connectivity index (χ0) is 25.1. The molecule has 1 atom stereocenters. The Morgan fingerprint density at radius 1 is 1.17 bits per heavy atom. The number of hydrogen-bond acceptors (Lipinski definition) is 3. The lowest BCUT2D eigenvalue weighted by Gasteiger charge is -2.32. The van der Waals surface area contributed by atoms with E-state index in [0.29, 0.717) is 41.3 Å². The summed E-state index contributed by atoms with van der Waals surface area (Å²) >= 11 is 6.08. The third-order valence-electron chi connectivity index (χ3n) is 6.93. The molecule has 186 valence electrons. The molecule has 1 amide bonds. The molecule has 4 rings (SSSR count). The van der Waals surface area contributed by atoms with E-state index in [4.69, 9.17) is 16.6 Å². The molecule has 3 aromatic rings. The van der Waals surface area contributed by atoms with Crippen LogP contribution in [0.3, 0.4) is 0 Å². The number of aromatic nitrogens is 2. The van der Waals surface area contributed by atoms with Gasteiger partial charge < -0.3 is 4.90 Å². The highest BCUT2D eigenvalue weighted by molar-refractivity contribution is 6.30. The van der Waals surface area contributed by atoms with E-state index in [0.717, 1.165) is 6.42 Å². The quantitative estimate of drug-likeness (QED) is 0.348. The Hall–Kier alpha value is -2.73. The number of amides is 1. The van der Waals surface area contributed by atoms with Crippen LogP contribution < -0.4 is 5.56 Å². The van der Waals surface area contributed by atoms with Crippen molar-refractivity contribution >= 4 is 28.4 Å². The number of benzene rings is 2. The summed E-state index contributed by atoms with van der Waals surface area (Å²) in [5.74, 6) is 0.813. The van der Waals surface area contributed by atoms with Gasteiger partial charge in [-0.2, -0.15) is 0 Å². The molecule has 1 fully saturated rings. The summed E-state index contributed by atoms with van der Waals surface area (Å²) < 4.78 is 15.4. The van der Waals surface area contributed by atoms with E-state index in [-0.39, 0.29) is 22.4 Å². The van der Waals surface area contributed by atoms with E-state index in [2.05, 4.69) is 13.8 Å². The first-order valence-electron chi connectivity index (χ1n) is 12.5. The van der Waals surface area contributed by atoms with Crippen LogP contribution in [-0.2, 0) is 4.79 Å². The van der Waals surface area contributed by atoms with Gasteiger partial charge in [0.05, 0.1) is 27.7 Å². The van der Waals surface area contributed by atoms with Gasteiger partial charge in [-0.1, -0.05) is 63.3 Å². The van der Waals surface area contributed by atoms with Crippen molar-refractivity contribution in [3.05, 3.63) is 69.5 Å². The first-order valence-corrected chi connectivity index (χ1v) is 12.9. The molecule has 2 aromatic carbocycles. The monoisotopic (exact) mass is 497 g/mol. The third kappa shape index (κ3) is 5.58. The van der Waals surface area contributed by atoms with Crippen LogP contribution in [0.25, 0.3) is 16.6 Å². The number of carbonyl (C=O) groups excluding carboxylic acids is 1. The fraction of sp³-hybridized carbons (Fsp3) is 0.464. The lowest BCUT2D eigenvalue weighted by atomic mass is 10.0. The predicted molar refractivity (Wildman–Crippen MR) is 138 cm³/mol. The zero-order valence-electron chi connectivity index (χ0n) is 20.6. The third-order valence-corrected chi connectivity index (χ3v) is 7.22. The van der Waals surface area contributed by atoms with Crippen molar-refractivity contribution in [3.63, 3.8) is 0 Å². The Morgan fingerprint density at radius 3 is 2.57 bits per heavy atom. The molecule has 0 bridgehead atoms. The maximum absolute atomic E-state index is 13.9. The average molecular weight is 498 g/mol. The SMILES string of the molecule is CC(C)CN(C(=O)CCC1CCCC1)C(C)c1nc2ccccc2c(=O)n1-c1ccc(F)c(Cl)c1. The summed E-state index contributed by atoms with van der Waals surface area (Å²) in [5, 5.41) is 0.375. The molecule has 1 heterocycles. The van der Waals surface area contributed by atoms with Crippen molar-refractivity contribution in [2.45, 2.75) is 65.3 Å². The van der Waals surface area contributed by atoms with Crippen LogP contribution >= 0.6 is 11.6 Å². The second-order valence-corrected chi connectivity index (χ2v) is 10.4. The number of halogens is 2. The van der Waals surface area contributed by atoms with Gasteiger partial charge in [-0.05, 0) is 55.5 Å². The molecule has 1 saturated carbocycles. The Kier molecular flexibility index (Phi) is 7.90. The number of carbonyl (C=O) groups is 1. The first-order chi connectivity index (χ1) is 16.8. The molecule has 0 spiro atoms. The van der Waals surface area contributed by atoms with E-state index in [1.165, 1.54) is 48.4 Å². The molecule has 0 aliphatic heterocycles. The van der Waals surface area contributed by atoms with Gasteiger partial charge in [-0.25, -0.2) is 9.37 Å². The largest absolute Gasteiger partial charge is 0.333 e. The molecule has 1 aromatic heterocycles. The average Bonchev–Trinajstić information content (AvgIpc) is 3.36. The molecule has 0 saturated heterocycles. The summed E-state index contributed by atoms with van der Waals surface area (Å²) in [7, 11) is 0. The smallest absolute Gasteiger partial charge is 0.266 e. The number of hydrogen-bond donors (Lipinski definition) is 0. The Morgan fingerprint density at radius 2 is 1.89 bits per heavy atom. The normalized spacial score (nSPS) is 15.1. The first kappa shape index (κ1) is 25.4. The van der Waals surface area contributed by atoms with Crippen LogP contribution in [0.4, 0.5) is 4.39 Å². The van der Waals surface area contributed by atoms with Crippen LogP contribution in [0.15, 0.2) is 47.3 Å². The summed E-state index contributed by atoms with van der Waals surface area (Å²) in [5.41, 5.74) is 0.708. The minimum absolute atomic E-state index is 0.0733. The number of para-hydroxylation sites is 1. The Balaban J connectivity index is 1.79. The minimum atomic E-state index is -0.560. The molecule has 1 aliphatic rings. The van der Waals surface area contributed by atoms with E-state index in [1.807, 2.05) is 17.9 Å². The molecule has 35 heavy (non-hydrogen) atoms. The Bertz CT molecular complexity index is 1270. The molecule has 5 nitrogen and oxygen atoms in total. The van der Waals surface area contributed by atoms with Gasteiger partial charge >= 0.3 is 0 Å². The molecular weight excluding hydrogens is 465 g/mol. The van der Waals surface area contributed by atoms with E-state index >= 15 is 0 Å². The maximum Gasteiger partial charge on any atom is 0.266 e.